The highest BCUT2D eigenvalue weighted by molar-refractivity contribution is 5.76. The molecule has 1 unspecified atom stereocenters. The third-order valence-corrected chi connectivity index (χ3v) is 3.74. The monoisotopic (exact) mass is 300 g/mol. The largest absolute Gasteiger partial charge is 0.416 e. The Labute approximate surface area is 121 Å². The zero-order valence-corrected chi connectivity index (χ0v) is 11.8. The topological polar surface area (TPSA) is 41.1 Å². The molecule has 3 nitrogen and oxygen atoms in total. The Balaban J connectivity index is 1.96. The molecule has 0 spiro atoms. The summed E-state index contributed by atoms with van der Waals surface area (Å²) < 4.78 is 38.8. The Bertz CT molecular complexity index is 498. The first-order valence-electron chi connectivity index (χ1n) is 7.01. The summed E-state index contributed by atoms with van der Waals surface area (Å²) in [7, 11) is 0. The van der Waals surface area contributed by atoms with Crippen molar-refractivity contribution < 1.29 is 18.0 Å². The Kier molecular flexibility index (Phi) is 4.88. The van der Waals surface area contributed by atoms with Crippen LogP contribution in [0.5, 0.6) is 0 Å². The van der Waals surface area contributed by atoms with Crippen LogP contribution in [0.3, 0.4) is 0 Å². The molecule has 0 aliphatic carbocycles. The lowest BCUT2D eigenvalue weighted by atomic mass is 9.92. The van der Waals surface area contributed by atoms with Crippen molar-refractivity contribution in [3.8, 4) is 0 Å². The van der Waals surface area contributed by atoms with Crippen molar-refractivity contribution in [3.63, 3.8) is 0 Å². The highest BCUT2D eigenvalue weighted by Crippen LogP contribution is 2.35. The molecule has 0 bridgehead atoms. The molecule has 0 radical (unpaired) electrons. The highest BCUT2D eigenvalue weighted by Gasteiger charge is 2.34. The number of nitrogens with one attached hydrogen (secondary N) is 2. The van der Waals surface area contributed by atoms with Crippen LogP contribution in [0.4, 0.5) is 13.2 Å². The molecule has 0 saturated carbocycles. The molecule has 2 N–H and O–H groups in total. The lowest BCUT2D eigenvalue weighted by Gasteiger charge is -2.27. The summed E-state index contributed by atoms with van der Waals surface area (Å²) in [5, 5.41) is 5.88. The number of amides is 1. The summed E-state index contributed by atoms with van der Waals surface area (Å²) in [6, 6.07) is 5.43. The quantitative estimate of drug-likeness (QED) is 0.877. The van der Waals surface area contributed by atoms with E-state index in [1.54, 1.807) is 13.0 Å². The molecule has 1 aromatic rings. The van der Waals surface area contributed by atoms with Crippen molar-refractivity contribution in [1.82, 2.24) is 10.6 Å². The first-order valence-corrected chi connectivity index (χ1v) is 7.01. The fraction of sp³-hybridized carbons (Fsp3) is 0.533. The fourth-order valence-electron chi connectivity index (χ4n) is 2.40. The molecule has 1 amide bonds. The molecule has 2 rings (SSSR count). The average molecular weight is 300 g/mol. The second-order valence-electron chi connectivity index (χ2n) is 5.52. The number of hydrogen-bond acceptors (Lipinski definition) is 2. The molecule has 116 valence electrons. The molecule has 1 aliphatic heterocycles. The third-order valence-electron chi connectivity index (χ3n) is 3.74. The Morgan fingerprint density at radius 3 is 2.62 bits per heavy atom. The third kappa shape index (κ3) is 4.20. The van der Waals surface area contributed by atoms with E-state index in [0.717, 1.165) is 19.2 Å². The van der Waals surface area contributed by atoms with Gasteiger partial charge < -0.3 is 10.6 Å². The van der Waals surface area contributed by atoms with E-state index in [-0.39, 0.29) is 17.9 Å². The van der Waals surface area contributed by atoms with Crippen LogP contribution in [0.2, 0.25) is 0 Å². The molecule has 1 aliphatic rings. The van der Waals surface area contributed by atoms with Crippen LogP contribution in [0.15, 0.2) is 24.3 Å². The van der Waals surface area contributed by atoms with Crippen LogP contribution in [-0.4, -0.2) is 25.5 Å². The lowest BCUT2D eigenvalue weighted by Crippen LogP contribution is -2.48. The van der Waals surface area contributed by atoms with E-state index in [4.69, 9.17) is 0 Å². The first-order chi connectivity index (χ1) is 9.88. The van der Waals surface area contributed by atoms with Gasteiger partial charge in [-0.05, 0) is 17.5 Å². The zero-order chi connectivity index (χ0) is 15.5. The van der Waals surface area contributed by atoms with Crippen LogP contribution in [-0.2, 0) is 11.0 Å². The molecule has 0 aromatic heterocycles. The maximum atomic E-state index is 12.9. The van der Waals surface area contributed by atoms with Crippen molar-refractivity contribution in [1.29, 1.82) is 0 Å². The number of rotatable bonds is 5. The van der Waals surface area contributed by atoms with Crippen LogP contribution in [0.1, 0.15) is 30.4 Å². The van der Waals surface area contributed by atoms with Gasteiger partial charge in [0.1, 0.15) is 0 Å². The molecule has 21 heavy (non-hydrogen) atoms. The van der Waals surface area contributed by atoms with Gasteiger partial charge in [-0.2, -0.15) is 13.2 Å². The Morgan fingerprint density at radius 1 is 1.38 bits per heavy atom. The molecule has 1 fully saturated rings. The lowest BCUT2D eigenvalue weighted by molar-refractivity contribution is -0.138. The number of hydrogen-bond donors (Lipinski definition) is 2. The second kappa shape index (κ2) is 6.47. The number of benzene rings is 1. The van der Waals surface area contributed by atoms with Gasteiger partial charge >= 0.3 is 6.18 Å². The maximum Gasteiger partial charge on any atom is 0.416 e. The predicted molar refractivity (Wildman–Crippen MR) is 73.8 cm³/mol. The molecular weight excluding hydrogens is 281 g/mol. The SMILES string of the molecule is CC(CC(=O)NCC1CNC1)c1ccccc1C(F)(F)F. The van der Waals surface area contributed by atoms with Gasteiger partial charge in [0.25, 0.3) is 0 Å². The molecule has 6 heteroatoms. The van der Waals surface area contributed by atoms with Gasteiger partial charge in [0.05, 0.1) is 5.56 Å². The highest BCUT2D eigenvalue weighted by atomic mass is 19.4. The van der Waals surface area contributed by atoms with E-state index in [1.807, 2.05) is 0 Å². The van der Waals surface area contributed by atoms with Gasteiger partial charge in [0.2, 0.25) is 5.91 Å². The summed E-state index contributed by atoms with van der Waals surface area (Å²) in [5.74, 6) is -0.236. The smallest absolute Gasteiger partial charge is 0.356 e. The number of halogens is 3. The summed E-state index contributed by atoms with van der Waals surface area (Å²) in [5.41, 5.74) is -0.487. The average Bonchev–Trinajstić information content (AvgIpc) is 2.35. The maximum absolute atomic E-state index is 12.9. The minimum atomic E-state index is -4.39. The molecule has 1 aromatic carbocycles. The molecule has 1 saturated heterocycles. The van der Waals surface area contributed by atoms with E-state index < -0.39 is 17.7 Å². The van der Waals surface area contributed by atoms with Crippen molar-refractivity contribution in [2.45, 2.75) is 25.4 Å². The summed E-state index contributed by atoms with van der Waals surface area (Å²) in [6.45, 7) is 3.99. The van der Waals surface area contributed by atoms with Crippen LogP contribution in [0.25, 0.3) is 0 Å². The molecule has 1 heterocycles. The molecule has 1 atom stereocenters. The summed E-state index contributed by atoms with van der Waals surface area (Å²) >= 11 is 0. The van der Waals surface area contributed by atoms with Gasteiger partial charge in [0, 0.05) is 32.0 Å². The predicted octanol–water partition coefficient (Wildman–Crippen LogP) is 2.53. The van der Waals surface area contributed by atoms with Gasteiger partial charge in [-0.25, -0.2) is 0 Å². The Hall–Kier alpha value is -1.56. The van der Waals surface area contributed by atoms with E-state index in [2.05, 4.69) is 10.6 Å². The van der Waals surface area contributed by atoms with Crippen molar-refractivity contribution in [2.75, 3.05) is 19.6 Å². The van der Waals surface area contributed by atoms with Gasteiger partial charge in [-0.3, -0.25) is 4.79 Å². The van der Waals surface area contributed by atoms with Crippen LogP contribution >= 0.6 is 0 Å². The fourth-order valence-corrected chi connectivity index (χ4v) is 2.40. The van der Waals surface area contributed by atoms with Gasteiger partial charge in [-0.1, -0.05) is 25.1 Å². The zero-order valence-electron chi connectivity index (χ0n) is 11.8. The normalized spacial score (nSPS) is 17.1. The van der Waals surface area contributed by atoms with Crippen molar-refractivity contribution in [2.24, 2.45) is 5.92 Å². The van der Waals surface area contributed by atoms with Gasteiger partial charge in [-0.15, -0.1) is 0 Å². The van der Waals surface area contributed by atoms with Crippen LogP contribution < -0.4 is 10.6 Å². The summed E-state index contributed by atoms with van der Waals surface area (Å²) in [6.07, 6.45) is -4.33. The number of alkyl halides is 3. The van der Waals surface area contributed by atoms with Crippen molar-refractivity contribution >= 4 is 5.91 Å². The number of carbonyl (C=O) groups excluding carboxylic acids is 1. The van der Waals surface area contributed by atoms with Crippen LogP contribution in [0, 0.1) is 5.92 Å². The van der Waals surface area contributed by atoms with E-state index in [9.17, 15) is 18.0 Å². The van der Waals surface area contributed by atoms with Gasteiger partial charge in [0.15, 0.2) is 0 Å². The summed E-state index contributed by atoms with van der Waals surface area (Å²) in [4.78, 5) is 11.8. The second-order valence-corrected chi connectivity index (χ2v) is 5.52. The first kappa shape index (κ1) is 15.8. The van der Waals surface area contributed by atoms with Crippen molar-refractivity contribution in [3.05, 3.63) is 35.4 Å². The standard InChI is InChI=1S/C15H19F3N2O/c1-10(6-14(21)20-9-11-7-19-8-11)12-4-2-3-5-13(12)15(16,17)18/h2-5,10-11,19H,6-9H2,1H3,(H,20,21). The minimum absolute atomic E-state index is 0.0627. The molecular formula is C15H19F3N2O. The Morgan fingerprint density at radius 2 is 2.05 bits per heavy atom. The van der Waals surface area contributed by atoms with E-state index >= 15 is 0 Å². The number of carbonyl (C=O) groups is 1. The van der Waals surface area contributed by atoms with E-state index in [1.165, 1.54) is 12.1 Å². The van der Waals surface area contributed by atoms with E-state index in [0.29, 0.717) is 12.5 Å². The minimum Gasteiger partial charge on any atom is -0.356 e.